The lowest BCUT2D eigenvalue weighted by molar-refractivity contribution is -0.138. The van der Waals surface area contributed by atoms with Crippen molar-refractivity contribution >= 4 is 40.1 Å². The Hall–Kier alpha value is -2.60. The van der Waals surface area contributed by atoms with Gasteiger partial charge in [0, 0.05) is 17.3 Å². The maximum Gasteiger partial charge on any atom is 0.354 e. The molecule has 0 fully saturated rings. The first kappa shape index (κ1) is 15.8. The van der Waals surface area contributed by atoms with Crippen LogP contribution in [0.5, 0.6) is 0 Å². The van der Waals surface area contributed by atoms with Gasteiger partial charge in [0.25, 0.3) is 0 Å². The summed E-state index contributed by atoms with van der Waals surface area (Å²) in [7, 11) is 2.44. The van der Waals surface area contributed by atoms with Crippen molar-refractivity contribution in [1.29, 1.82) is 0 Å². The molecule has 0 spiro atoms. The number of aromatic nitrogens is 1. The number of ether oxygens (including phenoxy) is 2. The minimum absolute atomic E-state index is 0.0539. The zero-order chi connectivity index (χ0) is 16.1. The second-order valence-corrected chi connectivity index (χ2v) is 4.60. The smallest absolute Gasteiger partial charge is 0.354 e. The fourth-order valence-electron chi connectivity index (χ4n) is 1.83. The van der Waals surface area contributed by atoms with Crippen LogP contribution in [0, 0.1) is 0 Å². The molecule has 6 nitrogen and oxygen atoms in total. The minimum Gasteiger partial charge on any atom is -0.466 e. The molecule has 0 bridgehead atoms. The number of rotatable bonds is 4. The van der Waals surface area contributed by atoms with Gasteiger partial charge in [-0.25, -0.2) is 9.59 Å². The third-order valence-electron chi connectivity index (χ3n) is 2.86. The first-order valence-electron chi connectivity index (χ1n) is 6.25. The normalized spacial score (nSPS) is 11.1. The topological polar surface area (TPSA) is 77.5 Å². The van der Waals surface area contributed by atoms with Gasteiger partial charge in [0.05, 0.1) is 30.8 Å². The summed E-state index contributed by atoms with van der Waals surface area (Å²) in [4.78, 5) is 27.3. The highest BCUT2D eigenvalue weighted by atomic mass is 35.5. The summed E-state index contributed by atoms with van der Waals surface area (Å²) in [5.74, 6) is -1.37. The number of carbonyl (C=O) groups is 2. The lowest BCUT2D eigenvalue weighted by Crippen LogP contribution is -2.15. The van der Waals surface area contributed by atoms with Crippen molar-refractivity contribution < 1.29 is 19.1 Å². The summed E-state index contributed by atoms with van der Waals surface area (Å²) < 4.78 is 9.17. The van der Waals surface area contributed by atoms with Crippen LogP contribution in [0.25, 0.3) is 10.9 Å². The highest BCUT2D eigenvalue weighted by Gasteiger charge is 2.15. The van der Waals surface area contributed by atoms with Crippen molar-refractivity contribution in [2.45, 2.75) is 0 Å². The van der Waals surface area contributed by atoms with E-state index < -0.39 is 11.9 Å². The maximum absolute atomic E-state index is 11.8. The van der Waals surface area contributed by atoms with Crippen LogP contribution in [-0.4, -0.2) is 31.1 Å². The molecule has 0 aliphatic heterocycles. The van der Waals surface area contributed by atoms with Crippen LogP contribution in [0.1, 0.15) is 0 Å². The fourth-order valence-corrected chi connectivity index (χ4v) is 2.04. The number of hydrogen-bond acceptors (Lipinski definition) is 6. The first-order chi connectivity index (χ1) is 10.6. The predicted octanol–water partition coefficient (Wildman–Crippen LogP) is 2.53. The molecule has 1 N–H and O–H groups in total. The zero-order valence-electron chi connectivity index (χ0n) is 11.9. The number of benzene rings is 1. The average Bonchev–Trinajstić information content (AvgIpc) is 2.55. The van der Waals surface area contributed by atoms with Gasteiger partial charge >= 0.3 is 11.9 Å². The predicted molar refractivity (Wildman–Crippen MR) is 82.5 cm³/mol. The zero-order valence-corrected chi connectivity index (χ0v) is 12.7. The number of anilines is 1. The van der Waals surface area contributed by atoms with E-state index in [0.717, 1.165) is 6.08 Å². The van der Waals surface area contributed by atoms with E-state index in [1.807, 2.05) is 0 Å². The summed E-state index contributed by atoms with van der Waals surface area (Å²) >= 11 is 6.09. The Balaban J connectivity index is 2.47. The number of carbonyl (C=O) groups excluding carboxylic acids is 2. The fraction of sp³-hybridized carbons (Fsp3) is 0.133. The van der Waals surface area contributed by atoms with E-state index in [2.05, 4.69) is 19.8 Å². The van der Waals surface area contributed by atoms with Crippen molar-refractivity contribution in [2.75, 3.05) is 19.5 Å². The number of halogens is 1. The second-order valence-electron chi connectivity index (χ2n) is 4.19. The van der Waals surface area contributed by atoms with Gasteiger partial charge < -0.3 is 14.8 Å². The Bertz CT molecular complexity index is 758. The highest BCUT2D eigenvalue weighted by molar-refractivity contribution is 6.35. The third-order valence-corrected chi connectivity index (χ3v) is 3.16. The maximum atomic E-state index is 11.8. The van der Waals surface area contributed by atoms with Crippen LogP contribution in [-0.2, 0) is 19.1 Å². The van der Waals surface area contributed by atoms with Gasteiger partial charge in [0.2, 0.25) is 0 Å². The molecule has 114 valence electrons. The van der Waals surface area contributed by atoms with Crippen molar-refractivity contribution in [3.63, 3.8) is 0 Å². The standard InChI is InChI=1S/C15H13ClN2O4/c1-21-13(19)8-12(15(20)22-2)18-11-6-5-10(16)14-9(11)4-3-7-17-14/h3-8,18H,1-2H3/b12-8+. The van der Waals surface area contributed by atoms with Crippen LogP contribution >= 0.6 is 11.6 Å². The molecule has 0 aliphatic rings. The van der Waals surface area contributed by atoms with Crippen molar-refractivity contribution in [3.8, 4) is 0 Å². The molecule has 0 atom stereocenters. The van der Waals surface area contributed by atoms with E-state index in [4.69, 9.17) is 11.6 Å². The van der Waals surface area contributed by atoms with E-state index >= 15 is 0 Å². The molecule has 0 aliphatic carbocycles. The molecule has 22 heavy (non-hydrogen) atoms. The van der Waals surface area contributed by atoms with Gasteiger partial charge in [-0.3, -0.25) is 4.98 Å². The SMILES string of the molecule is COC(=O)/C=C(/Nc1ccc(Cl)c2ncccc12)C(=O)OC. The monoisotopic (exact) mass is 320 g/mol. The van der Waals surface area contributed by atoms with Crippen LogP contribution in [0.4, 0.5) is 5.69 Å². The number of esters is 2. The number of nitrogens with zero attached hydrogens (tertiary/aromatic N) is 1. The van der Waals surface area contributed by atoms with Crippen LogP contribution in [0.3, 0.4) is 0 Å². The molecule has 0 unspecified atom stereocenters. The summed E-state index contributed by atoms with van der Waals surface area (Å²) in [5.41, 5.74) is 1.09. The van der Waals surface area contributed by atoms with E-state index in [-0.39, 0.29) is 5.70 Å². The number of fused-ring (bicyclic) bond motifs is 1. The van der Waals surface area contributed by atoms with Crippen molar-refractivity contribution in [1.82, 2.24) is 4.98 Å². The summed E-state index contributed by atoms with van der Waals surface area (Å²) in [6.45, 7) is 0. The molecule has 0 radical (unpaired) electrons. The molecule has 2 aromatic rings. The van der Waals surface area contributed by atoms with E-state index in [1.54, 1.807) is 30.5 Å². The van der Waals surface area contributed by atoms with Gasteiger partial charge in [-0.2, -0.15) is 0 Å². The number of nitrogens with one attached hydrogen (secondary N) is 1. The van der Waals surface area contributed by atoms with Crippen LogP contribution in [0.15, 0.2) is 42.2 Å². The summed E-state index contributed by atoms with van der Waals surface area (Å²) in [6.07, 6.45) is 2.63. The average molecular weight is 321 g/mol. The molecule has 0 saturated carbocycles. The summed E-state index contributed by atoms with van der Waals surface area (Å²) in [5, 5.41) is 4.04. The molecule has 0 amide bonds. The second kappa shape index (κ2) is 6.91. The van der Waals surface area contributed by atoms with Crippen LogP contribution in [0.2, 0.25) is 5.02 Å². The molecule has 1 aromatic heterocycles. The Morgan fingerprint density at radius 2 is 2.00 bits per heavy atom. The first-order valence-corrected chi connectivity index (χ1v) is 6.63. The number of methoxy groups -OCH3 is 2. The molecule has 0 saturated heterocycles. The quantitative estimate of drug-likeness (QED) is 0.689. The van der Waals surface area contributed by atoms with Crippen molar-refractivity contribution in [3.05, 3.63) is 47.3 Å². The molecule has 1 aromatic carbocycles. The molecule has 2 rings (SSSR count). The Kier molecular flexibility index (Phi) is 4.95. The third kappa shape index (κ3) is 3.35. The van der Waals surface area contributed by atoms with Crippen LogP contribution < -0.4 is 5.32 Å². The lowest BCUT2D eigenvalue weighted by atomic mass is 10.1. The molecular formula is C15H13ClN2O4. The largest absolute Gasteiger partial charge is 0.466 e. The number of hydrogen-bond donors (Lipinski definition) is 1. The Morgan fingerprint density at radius 3 is 2.68 bits per heavy atom. The summed E-state index contributed by atoms with van der Waals surface area (Å²) in [6, 6.07) is 6.86. The Morgan fingerprint density at radius 1 is 1.23 bits per heavy atom. The lowest BCUT2D eigenvalue weighted by Gasteiger charge is -2.12. The van der Waals surface area contributed by atoms with Gasteiger partial charge in [0.15, 0.2) is 0 Å². The van der Waals surface area contributed by atoms with Gasteiger partial charge in [-0.05, 0) is 24.3 Å². The van der Waals surface area contributed by atoms with Gasteiger partial charge in [-0.15, -0.1) is 0 Å². The van der Waals surface area contributed by atoms with Gasteiger partial charge in [-0.1, -0.05) is 11.6 Å². The van der Waals surface area contributed by atoms with E-state index in [1.165, 1.54) is 14.2 Å². The van der Waals surface area contributed by atoms with Gasteiger partial charge in [0.1, 0.15) is 5.70 Å². The number of pyridine rings is 1. The molecule has 1 heterocycles. The van der Waals surface area contributed by atoms with E-state index in [0.29, 0.717) is 21.6 Å². The minimum atomic E-state index is -0.697. The Labute approximate surface area is 131 Å². The highest BCUT2D eigenvalue weighted by Crippen LogP contribution is 2.28. The molecular weight excluding hydrogens is 308 g/mol. The van der Waals surface area contributed by atoms with Crippen molar-refractivity contribution in [2.24, 2.45) is 0 Å². The molecule has 7 heteroatoms. The van der Waals surface area contributed by atoms with E-state index in [9.17, 15) is 9.59 Å².